The van der Waals surface area contributed by atoms with Gasteiger partial charge in [-0.25, -0.2) is 4.98 Å². The Balaban J connectivity index is 2.28. The minimum Gasteiger partial charge on any atom is -0.392 e. The van der Waals surface area contributed by atoms with Crippen LogP contribution in [0.2, 0.25) is 0 Å². The summed E-state index contributed by atoms with van der Waals surface area (Å²) in [5.41, 5.74) is 3.13. The second kappa shape index (κ2) is 7.05. The molecule has 0 aliphatic rings. The van der Waals surface area contributed by atoms with E-state index in [0.29, 0.717) is 5.92 Å². The van der Waals surface area contributed by atoms with Crippen LogP contribution in [-0.2, 0) is 13.2 Å². The fraction of sp³-hybridized carbons (Fsp3) is 0.353. The Morgan fingerprint density at radius 1 is 1.24 bits per heavy atom. The second-order valence-electron chi connectivity index (χ2n) is 5.52. The number of benzene rings is 1. The summed E-state index contributed by atoms with van der Waals surface area (Å²) in [5, 5.41) is 9.43. The van der Waals surface area contributed by atoms with Crippen molar-refractivity contribution in [2.45, 2.75) is 32.9 Å². The van der Waals surface area contributed by atoms with Gasteiger partial charge in [0.2, 0.25) is 0 Å². The number of pyridine rings is 1. The molecule has 21 heavy (non-hydrogen) atoms. The summed E-state index contributed by atoms with van der Waals surface area (Å²) in [6.07, 6.45) is 0. The zero-order valence-corrected chi connectivity index (χ0v) is 14.3. The molecule has 1 aromatic carbocycles. The standard InChI is InChI=1S/C17H21BrN2O/c1-12(2)16-8-13(11-21)9-17(19-16)20(3)10-14-6-4-5-7-15(14)18/h4-9,12,21H,10-11H2,1-3H3. The third kappa shape index (κ3) is 4.05. The number of aliphatic hydroxyl groups is 1. The van der Waals surface area contributed by atoms with Crippen molar-refractivity contribution in [3.05, 3.63) is 57.7 Å². The Morgan fingerprint density at radius 2 is 1.95 bits per heavy atom. The van der Waals surface area contributed by atoms with Crippen LogP contribution in [0.25, 0.3) is 0 Å². The molecule has 0 fully saturated rings. The van der Waals surface area contributed by atoms with E-state index in [1.54, 1.807) is 0 Å². The molecule has 2 rings (SSSR count). The highest BCUT2D eigenvalue weighted by Crippen LogP contribution is 2.23. The van der Waals surface area contributed by atoms with Gasteiger partial charge in [0.15, 0.2) is 0 Å². The summed E-state index contributed by atoms with van der Waals surface area (Å²) in [5.74, 6) is 1.23. The van der Waals surface area contributed by atoms with Crippen LogP contribution in [0, 0.1) is 0 Å². The first-order chi connectivity index (χ1) is 10.0. The van der Waals surface area contributed by atoms with Gasteiger partial charge in [0, 0.05) is 23.8 Å². The largest absolute Gasteiger partial charge is 0.392 e. The molecule has 0 unspecified atom stereocenters. The average molecular weight is 349 g/mol. The number of anilines is 1. The molecule has 4 heteroatoms. The molecule has 0 atom stereocenters. The molecule has 0 bridgehead atoms. The van der Waals surface area contributed by atoms with Gasteiger partial charge < -0.3 is 10.0 Å². The lowest BCUT2D eigenvalue weighted by Crippen LogP contribution is -2.19. The number of rotatable bonds is 5. The maximum absolute atomic E-state index is 9.43. The first-order valence-electron chi connectivity index (χ1n) is 7.07. The maximum atomic E-state index is 9.43. The maximum Gasteiger partial charge on any atom is 0.129 e. The van der Waals surface area contributed by atoms with E-state index in [2.05, 4.69) is 40.7 Å². The first-order valence-corrected chi connectivity index (χ1v) is 7.87. The van der Waals surface area contributed by atoms with Crippen LogP contribution in [-0.4, -0.2) is 17.1 Å². The Bertz CT molecular complexity index is 613. The van der Waals surface area contributed by atoms with Crippen LogP contribution in [0.3, 0.4) is 0 Å². The van der Waals surface area contributed by atoms with Crippen molar-refractivity contribution in [2.24, 2.45) is 0 Å². The van der Waals surface area contributed by atoms with Crippen molar-refractivity contribution >= 4 is 21.7 Å². The Morgan fingerprint density at radius 3 is 2.57 bits per heavy atom. The van der Waals surface area contributed by atoms with Crippen molar-refractivity contribution < 1.29 is 5.11 Å². The van der Waals surface area contributed by atoms with Crippen LogP contribution < -0.4 is 4.90 Å². The van der Waals surface area contributed by atoms with E-state index in [1.165, 1.54) is 5.56 Å². The van der Waals surface area contributed by atoms with E-state index in [1.807, 2.05) is 37.4 Å². The topological polar surface area (TPSA) is 36.4 Å². The number of aliphatic hydroxyl groups excluding tert-OH is 1. The monoisotopic (exact) mass is 348 g/mol. The van der Waals surface area contributed by atoms with Gasteiger partial charge in [0.05, 0.1) is 6.61 Å². The highest BCUT2D eigenvalue weighted by Gasteiger charge is 2.10. The van der Waals surface area contributed by atoms with Gasteiger partial charge in [0.1, 0.15) is 5.82 Å². The number of hydrogen-bond acceptors (Lipinski definition) is 3. The van der Waals surface area contributed by atoms with Crippen molar-refractivity contribution in [2.75, 3.05) is 11.9 Å². The molecule has 0 saturated heterocycles. The Kier molecular flexibility index (Phi) is 5.37. The first kappa shape index (κ1) is 16.0. The molecule has 0 spiro atoms. The van der Waals surface area contributed by atoms with Gasteiger partial charge in [-0.05, 0) is 35.2 Å². The summed E-state index contributed by atoms with van der Waals surface area (Å²) in [6, 6.07) is 12.1. The minimum absolute atomic E-state index is 0.0398. The quantitative estimate of drug-likeness (QED) is 0.883. The van der Waals surface area contributed by atoms with Crippen LogP contribution >= 0.6 is 15.9 Å². The molecule has 0 aliphatic carbocycles. The van der Waals surface area contributed by atoms with E-state index in [9.17, 15) is 5.11 Å². The molecule has 112 valence electrons. The highest BCUT2D eigenvalue weighted by molar-refractivity contribution is 9.10. The van der Waals surface area contributed by atoms with Crippen LogP contribution in [0.1, 0.15) is 36.6 Å². The van der Waals surface area contributed by atoms with E-state index >= 15 is 0 Å². The predicted octanol–water partition coefficient (Wildman–Crippen LogP) is 4.10. The van der Waals surface area contributed by atoms with Gasteiger partial charge in [0.25, 0.3) is 0 Å². The number of halogens is 1. The highest BCUT2D eigenvalue weighted by atomic mass is 79.9. The van der Waals surface area contributed by atoms with Gasteiger partial charge in [-0.3, -0.25) is 0 Å². The van der Waals surface area contributed by atoms with E-state index in [0.717, 1.165) is 28.1 Å². The summed E-state index contributed by atoms with van der Waals surface area (Å²) in [4.78, 5) is 6.81. The Labute approximate surface area is 134 Å². The van der Waals surface area contributed by atoms with Crippen molar-refractivity contribution in [3.63, 3.8) is 0 Å². The van der Waals surface area contributed by atoms with E-state index in [-0.39, 0.29) is 6.61 Å². The van der Waals surface area contributed by atoms with Gasteiger partial charge in [-0.1, -0.05) is 48.0 Å². The zero-order chi connectivity index (χ0) is 15.4. The third-order valence-corrected chi connectivity index (χ3v) is 4.20. The van der Waals surface area contributed by atoms with Crippen LogP contribution in [0.5, 0.6) is 0 Å². The fourth-order valence-corrected chi connectivity index (χ4v) is 2.55. The molecular weight excluding hydrogens is 328 g/mol. The van der Waals surface area contributed by atoms with Gasteiger partial charge in [-0.15, -0.1) is 0 Å². The molecule has 2 aromatic rings. The second-order valence-corrected chi connectivity index (χ2v) is 6.37. The lowest BCUT2D eigenvalue weighted by Gasteiger charge is -2.21. The van der Waals surface area contributed by atoms with E-state index in [4.69, 9.17) is 4.98 Å². The van der Waals surface area contributed by atoms with Crippen molar-refractivity contribution in [1.82, 2.24) is 4.98 Å². The molecule has 0 saturated carbocycles. The fourth-order valence-electron chi connectivity index (χ4n) is 2.14. The van der Waals surface area contributed by atoms with Crippen LogP contribution in [0.15, 0.2) is 40.9 Å². The van der Waals surface area contributed by atoms with Crippen LogP contribution in [0.4, 0.5) is 5.82 Å². The summed E-state index contributed by atoms with van der Waals surface area (Å²) >= 11 is 3.58. The minimum atomic E-state index is 0.0398. The molecule has 3 nitrogen and oxygen atoms in total. The number of aromatic nitrogens is 1. The summed E-state index contributed by atoms with van der Waals surface area (Å²) in [7, 11) is 2.02. The van der Waals surface area contributed by atoms with Crippen molar-refractivity contribution in [1.29, 1.82) is 0 Å². The van der Waals surface area contributed by atoms with E-state index < -0.39 is 0 Å². The summed E-state index contributed by atoms with van der Waals surface area (Å²) in [6.45, 7) is 5.03. The zero-order valence-electron chi connectivity index (χ0n) is 12.7. The number of nitrogens with zero attached hydrogens (tertiary/aromatic N) is 2. The molecule has 1 N–H and O–H groups in total. The van der Waals surface area contributed by atoms with Crippen molar-refractivity contribution in [3.8, 4) is 0 Å². The molecular formula is C17H21BrN2O. The molecule has 0 aliphatic heterocycles. The Hall–Kier alpha value is -1.39. The normalized spacial score (nSPS) is 11.0. The molecule has 1 aromatic heterocycles. The van der Waals surface area contributed by atoms with Gasteiger partial charge >= 0.3 is 0 Å². The lowest BCUT2D eigenvalue weighted by molar-refractivity contribution is 0.281. The smallest absolute Gasteiger partial charge is 0.129 e. The molecule has 1 heterocycles. The molecule has 0 amide bonds. The third-order valence-electron chi connectivity index (χ3n) is 3.42. The SMILES string of the molecule is CC(C)c1cc(CO)cc(N(C)Cc2ccccc2Br)n1. The van der Waals surface area contributed by atoms with Gasteiger partial charge in [-0.2, -0.15) is 0 Å². The summed E-state index contributed by atoms with van der Waals surface area (Å²) < 4.78 is 1.10. The molecule has 0 radical (unpaired) electrons. The average Bonchev–Trinajstić information content (AvgIpc) is 2.49. The predicted molar refractivity (Wildman–Crippen MR) is 90.5 cm³/mol. The number of hydrogen-bond donors (Lipinski definition) is 1. The lowest BCUT2D eigenvalue weighted by atomic mass is 10.1.